The molecule has 1 rings (SSSR count). The zero-order chi connectivity index (χ0) is 12.5. The molecule has 17 heavy (non-hydrogen) atoms. The fourth-order valence-corrected chi connectivity index (χ4v) is 1.54. The lowest BCUT2D eigenvalue weighted by Crippen LogP contribution is -2.19. The van der Waals surface area contributed by atoms with Crippen molar-refractivity contribution in [3.05, 3.63) is 28.8 Å². The molecule has 0 spiro atoms. The van der Waals surface area contributed by atoms with Crippen LogP contribution in [0.3, 0.4) is 0 Å². The van der Waals surface area contributed by atoms with Crippen LogP contribution in [0.5, 0.6) is 5.75 Å². The zero-order valence-electron chi connectivity index (χ0n) is 10.2. The minimum Gasteiger partial charge on any atom is -0.467 e. The Labute approximate surface area is 107 Å². The summed E-state index contributed by atoms with van der Waals surface area (Å²) in [7, 11) is 3.26. The van der Waals surface area contributed by atoms with E-state index >= 15 is 0 Å². The van der Waals surface area contributed by atoms with E-state index in [1.54, 1.807) is 20.3 Å². The third kappa shape index (κ3) is 5.37. The number of hydrogen-bond donors (Lipinski definition) is 1. The third-order valence-corrected chi connectivity index (χ3v) is 2.39. The van der Waals surface area contributed by atoms with Crippen LogP contribution >= 0.6 is 11.6 Å². The highest BCUT2D eigenvalue weighted by Crippen LogP contribution is 2.22. The van der Waals surface area contributed by atoms with Crippen molar-refractivity contribution in [2.45, 2.75) is 6.54 Å². The topological polar surface area (TPSA) is 39.7 Å². The number of benzene rings is 1. The minimum absolute atomic E-state index is 0.229. The van der Waals surface area contributed by atoms with Gasteiger partial charge in [0.2, 0.25) is 0 Å². The summed E-state index contributed by atoms with van der Waals surface area (Å²) in [5, 5.41) is 3.94. The van der Waals surface area contributed by atoms with Crippen LogP contribution in [0, 0.1) is 0 Å². The van der Waals surface area contributed by atoms with Crippen LogP contribution in [-0.4, -0.2) is 34.2 Å². The Kier molecular flexibility index (Phi) is 6.96. The average Bonchev–Trinajstić information content (AvgIpc) is 2.33. The molecule has 1 aromatic rings. The van der Waals surface area contributed by atoms with Crippen molar-refractivity contribution in [2.75, 3.05) is 34.2 Å². The van der Waals surface area contributed by atoms with E-state index < -0.39 is 0 Å². The van der Waals surface area contributed by atoms with Gasteiger partial charge < -0.3 is 19.5 Å². The lowest BCUT2D eigenvalue weighted by Gasteiger charge is -2.12. The second kappa shape index (κ2) is 8.31. The Balaban J connectivity index is 2.56. The van der Waals surface area contributed by atoms with E-state index in [4.69, 9.17) is 25.8 Å². The molecule has 0 heterocycles. The molecule has 1 N–H and O–H groups in total. The molecule has 5 heteroatoms. The van der Waals surface area contributed by atoms with Gasteiger partial charge in [-0.25, -0.2) is 0 Å². The van der Waals surface area contributed by atoms with E-state index in [1.165, 1.54) is 0 Å². The summed E-state index contributed by atoms with van der Waals surface area (Å²) in [6.07, 6.45) is 0. The highest BCUT2D eigenvalue weighted by Gasteiger charge is 2.04. The molecule has 0 radical (unpaired) electrons. The van der Waals surface area contributed by atoms with Gasteiger partial charge in [-0.2, -0.15) is 0 Å². The highest BCUT2D eigenvalue weighted by atomic mass is 35.5. The number of nitrogens with one attached hydrogen (secondary N) is 1. The molecule has 0 bridgehead atoms. The van der Waals surface area contributed by atoms with Crippen LogP contribution in [0.2, 0.25) is 5.02 Å². The minimum atomic E-state index is 0.229. The predicted octanol–water partition coefficient (Wildman–Crippen LogP) is 2.06. The molecular weight excluding hydrogens is 242 g/mol. The molecule has 0 saturated heterocycles. The van der Waals surface area contributed by atoms with Gasteiger partial charge in [0.05, 0.1) is 6.61 Å². The van der Waals surface area contributed by atoms with Crippen molar-refractivity contribution < 1.29 is 14.2 Å². The van der Waals surface area contributed by atoms with Gasteiger partial charge in [0.15, 0.2) is 6.79 Å². The molecule has 0 aliphatic rings. The van der Waals surface area contributed by atoms with Crippen LogP contribution < -0.4 is 10.1 Å². The first-order valence-electron chi connectivity index (χ1n) is 5.37. The van der Waals surface area contributed by atoms with Crippen LogP contribution in [0.1, 0.15) is 5.56 Å². The first-order chi connectivity index (χ1) is 8.27. The molecular formula is C12H18ClNO3. The standard InChI is InChI=1S/C12H18ClNO3/c1-15-6-5-14-8-10-7-11(13)3-4-12(10)17-9-16-2/h3-4,7,14H,5-6,8-9H2,1-2H3. The van der Waals surface area contributed by atoms with Crippen LogP contribution in [-0.2, 0) is 16.0 Å². The smallest absolute Gasteiger partial charge is 0.188 e. The van der Waals surface area contributed by atoms with Gasteiger partial charge in [-0.1, -0.05) is 11.6 Å². The molecule has 0 aliphatic heterocycles. The fourth-order valence-electron chi connectivity index (χ4n) is 1.35. The Morgan fingerprint density at radius 1 is 1.24 bits per heavy atom. The summed E-state index contributed by atoms with van der Waals surface area (Å²) in [6.45, 7) is 2.37. The average molecular weight is 260 g/mol. The predicted molar refractivity (Wildman–Crippen MR) is 67.5 cm³/mol. The molecule has 0 fully saturated rings. The summed E-state index contributed by atoms with van der Waals surface area (Å²) in [5.41, 5.74) is 1.01. The molecule has 0 unspecified atom stereocenters. The maximum absolute atomic E-state index is 5.95. The van der Waals surface area contributed by atoms with Gasteiger partial charge >= 0.3 is 0 Å². The second-order valence-corrected chi connectivity index (χ2v) is 3.91. The largest absolute Gasteiger partial charge is 0.467 e. The van der Waals surface area contributed by atoms with Gasteiger partial charge in [-0.05, 0) is 18.2 Å². The number of hydrogen-bond acceptors (Lipinski definition) is 4. The van der Waals surface area contributed by atoms with Crippen molar-refractivity contribution in [2.24, 2.45) is 0 Å². The first kappa shape index (κ1) is 14.3. The van der Waals surface area contributed by atoms with Gasteiger partial charge in [-0.3, -0.25) is 0 Å². The molecule has 1 aromatic carbocycles. The Bertz CT molecular complexity index is 334. The number of methoxy groups -OCH3 is 2. The summed E-state index contributed by atoms with van der Waals surface area (Å²) < 4.78 is 15.3. The summed E-state index contributed by atoms with van der Waals surface area (Å²) in [6, 6.07) is 5.52. The lowest BCUT2D eigenvalue weighted by molar-refractivity contribution is 0.0503. The summed E-state index contributed by atoms with van der Waals surface area (Å²) in [5.74, 6) is 0.779. The fraction of sp³-hybridized carbons (Fsp3) is 0.500. The van der Waals surface area contributed by atoms with E-state index in [0.29, 0.717) is 18.2 Å². The van der Waals surface area contributed by atoms with Gasteiger partial charge in [0, 0.05) is 37.9 Å². The molecule has 4 nitrogen and oxygen atoms in total. The van der Waals surface area contributed by atoms with E-state index in [2.05, 4.69) is 5.32 Å². The molecule has 0 saturated carbocycles. The van der Waals surface area contributed by atoms with Crippen LogP contribution in [0.25, 0.3) is 0 Å². The van der Waals surface area contributed by atoms with Gasteiger partial charge in [0.25, 0.3) is 0 Å². The van der Waals surface area contributed by atoms with E-state index in [1.807, 2.05) is 12.1 Å². The van der Waals surface area contributed by atoms with Crippen molar-refractivity contribution >= 4 is 11.6 Å². The highest BCUT2D eigenvalue weighted by molar-refractivity contribution is 6.30. The Morgan fingerprint density at radius 2 is 2.06 bits per heavy atom. The number of halogens is 1. The lowest BCUT2D eigenvalue weighted by atomic mass is 10.2. The van der Waals surface area contributed by atoms with Gasteiger partial charge in [-0.15, -0.1) is 0 Å². The normalized spacial score (nSPS) is 10.5. The maximum Gasteiger partial charge on any atom is 0.188 e. The van der Waals surface area contributed by atoms with Gasteiger partial charge in [0.1, 0.15) is 5.75 Å². The molecule has 0 atom stereocenters. The third-order valence-electron chi connectivity index (χ3n) is 2.15. The molecule has 96 valence electrons. The maximum atomic E-state index is 5.95. The molecule has 0 aromatic heterocycles. The zero-order valence-corrected chi connectivity index (χ0v) is 10.9. The number of ether oxygens (including phenoxy) is 3. The Hall–Kier alpha value is -0.810. The summed E-state index contributed by atoms with van der Waals surface area (Å²) in [4.78, 5) is 0. The van der Waals surface area contributed by atoms with Crippen molar-refractivity contribution in [3.8, 4) is 5.75 Å². The molecule has 0 amide bonds. The van der Waals surface area contributed by atoms with Crippen molar-refractivity contribution in [1.82, 2.24) is 5.32 Å². The summed E-state index contributed by atoms with van der Waals surface area (Å²) >= 11 is 5.95. The molecule has 0 aliphatic carbocycles. The van der Waals surface area contributed by atoms with Crippen molar-refractivity contribution in [1.29, 1.82) is 0 Å². The monoisotopic (exact) mass is 259 g/mol. The number of rotatable bonds is 8. The van der Waals surface area contributed by atoms with E-state index in [9.17, 15) is 0 Å². The van der Waals surface area contributed by atoms with Crippen LogP contribution in [0.15, 0.2) is 18.2 Å². The Morgan fingerprint density at radius 3 is 2.76 bits per heavy atom. The van der Waals surface area contributed by atoms with E-state index in [-0.39, 0.29) is 6.79 Å². The van der Waals surface area contributed by atoms with E-state index in [0.717, 1.165) is 17.9 Å². The quantitative estimate of drug-likeness (QED) is 0.573. The van der Waals surface area contributed by atoms with Crippen molar-refractivity contribution in [3.63, 3.8) is 0 Å². The first-order valence-corrected chi connectivity index (χ1v) is 5.75. The van der Waals surface area contributed by atoms with Crippen LogP contribution in [0.4, 0.5) is 0 Å². The SMILES string of the molecule is COCCNCc1cc(Cl)ccc1OCOC. The second-order valence-electron chi connectivity index (χ2n) is 3.47.